The van der Waals surface area contributed by atoms with Gasteiger partial charge in [-0.05, 0) is 41.8 Å². The number of nitrogens with one attached hydrogen (secondary N) is 2. The van der Waals surface area contributed by atoms with Crippen molar-refractivity contribution in [3.63, 3.8) is 0 Å². The van der Waals surface area contributed by atoms with E-state index in [4.69, 9.17) is 16.3 Å². The third-order valence-electron chi connectivity index (χ3n) is 4.92. The number of urea groups is 1. The molecular weight excluding hydrogens is 404 g/mol. The van der Waals surface area contributed by atoms with E-state index in [0.717, 1.165) is 6.07 Å². The first kappa shape index (κ1) is 19.4. The molecule has 2 aromatic carbocycles. The Morgan fingerprint density at radius 1 is 1.24 bits per heavy atom. The van der Waals surface area contributed by atoms with Gasteiger partial charge in [0.15, 0.2) is 0 Å². The molecule has 1 atom stereocenters. The minimum absolute atomic E-state index is 0.115. The van der Waals surface area contributed by atoms with E-state index in [-0.39, 0.29) is 23.8 Å². The van der Waals surface area contributed by atoms with Crippen LogP contribution in [-0.2, 0) is 11.3 Å². The lowest BCUT2D eigenvalue weighted by Gasteiger charge is -2.33. The third kappa shape index (κ3) is 3.56. The average molecular weight is 420 g/mol. The first-order valence-electron chi connectivity index (χ1n) is 8.76. The molecule has 2 amide bonds. The molecule has 150 valence electrons. The fourth-order valence-electron chi connectivity index (χ4n) is 3.45. The minimum atomic E-state index is -0.593. The molecule has 6 nitrogen and oxygen atoms in total. The summed E-state index contributed by atoms with van der Waals surface area (Å²) in [6.07, 6.45) is 0. The first-order chi connectivity index (χ1) is 13.8. The van der Waals surface area contributed by atoms with E-state index in [1.165, 1.54) is 35.2 Å². The molecule has 2 heterocycles. The van der Waals surface area contributed by atoms with Gasteiger partial charge in [0.25, 0.3) is 5.56 Å². The number of ether oxygens (including phenoxy) is 1. The number of rotatable bonds is 2. The van der Waals surface area contributed by atoms with Crippen molar-refractivity contribution in [1.82, 2.24) is 9.88 Å². The van der Waals surface area contributed by atoms with Gasteiger partial charge in [0.2, 0.25) is 0 Å². The molecule has 0 saturated heterocycles. The Balaban J connectivity index is 1.71. The third-order valence-corrected chi connectivity index (χ3v) is 5.21. The van der Waals surface area contributed by atoms with Gasteiger partial charge in [0, 0.05) is 29.4 Å². The largest absolute Gasteiger partial charge is 0.373 e. The standard InChI is InChI=1S/C20H16ClF2N3O3/c1-26(20(28)24-11-3-5-15(23)14(21)7-11)17-9-29-8-16-18(17)13-6-10(22)2-4-12(13)19(27)25-16/h2-7,17H,8-9H2,1H3,(H,24,28)(H,25,27)/t17-/m1/s1. The molecule has 4 rings (SSSR count). The molecule has 0 radical (unpaired) electrons. The van der Waals surface area contributed by atoms with Crippen molar-refractivity contribution in [3.05, 3.63) is 74.7 Å². The van der Waals surface area contributed by atoms with Gasteiger partial charge in [-0.2, -0.15) is 0 Å². The highest BCUT2D eigenvalue weighted by molar-refractivity contribution is 6.31. The number of aromatic amines is 1. The van der Waals surface area contributed by atoms with Crippen molar-refractivity contribution < 1.29 is 18.3 Å². The van der Waals surface area contributed by atoms with Crippen LogP contribution in [0.25, 0.3) is 10.8 Å². The maximum atomic E-state index is 13.9. The zero-order valence-corrected chi connectivity index (χ0v) is 16.0. The van der Waals surface area contributed by atoms with E-state index >= 15 is 0 Å². The Bertz CT molecular complexity index is 1180. The number of halogens is 3. The van der Waals surface area contributed by atoms with Crippen LogP contribution < -0.4 is 10.9 Å². The minimum Gasteiger partial charge on any atom is -0.373 e. The fourth-order valence-corrected chi connectivity index (χ4v) is 3.64. The van der Waals surface area contributed by atoms with Gasteiger partial charge in [-0.1, -0.05) is 11.6 Å². The number of nitrogens with zero attached hydrogens (tertiary/aromatic N) is 1. The monoisotopic (exact) mass is 419 g/mol. The second-order valence-electron chi connectivity index (χ2n) is 6.74. The molecule has 0 aliphatic carbocycles. The van der Waals surface area contributed by atoms with Crippen LogP contribution in [-0.4, -0.2) is 29.6 Å². The summed E-state index contributed by atoms with van der Waals surface area (Å²) in [5.41, 5.74) is 1.09. The summed E-state index contributed by atoms with van der Waals surface area (Å²) in [6, 6.07) is 6.69. The van der Waals surface area contributed by atoms with E-state index in [0.29, 0.717) is 27.7 Å². The number of anilines is 1. The molecule has 0 saturated carbocycles. The Labute approximate surface area is 169 Å². The van der Waals surface area contributed by atoms with Crippen molar-refractivity contribution in [2.24, 2.45) is 0 Å². The van der Waals surface area contributed by atoms with Crippen LogP contribution in [0.2, 0.25) is 5.02 Å². The molecule has 1 aromatic heterocycles. The van der Waals surface area contributed by atoms with Gasteiger partial charge in [0.05, 0.1) is 24.3 Å². The summed E-state index contributed by atoms with van der Waals surface area (Å²) in [7, 11) is 1.56. The Hall–Kier alpha value is -2.97. The zero-order valence-electron chi connectivity index (χ0n) is 15.3. The topological polar surface area (TPSA) is 74.4 Å². The quantitative estimate of drug-likeness (QED) is 0.654. The maximum absolute atomic E-state index is 13.9. The van der Waals surface area contributed by atoms with Crippen LogP contribution in [0.4, 0.5) is 19.3 Å². The van der Waals surface area contributed by atoms with Gasteiger partial charge < -0.3 is 19.9 Å². The molecular formula is C20H16ClF2N3O3. The van der Waals surface area contributed by atoms with Crippen LogP contribution in [0.1, 0.15) is 17.3 Å². The molecule has 2 N–H and O–H groups in total. The van der Waals surface area contributed by atoms with Crippen LogP contribution in [0.5, 0.6) is 0 Å². The van der Waals surface area contributed by atoms with Crippen molar-refractivity contribution in [3.8, 4) is 0 Å². The summed E-state index contributed by atoms with van der Waals surface area (Å²) in [5.74, 6) is -1.08. The number of pyridine rings is 1. The first-order valence-corrected chi connectivity index (χ1v) is 9.14. The number of H-pyrrole nitrogens is 1. The number of carbonyl (C=O) groups excluding carboxylic acids is 1. The number of likely N-dealkylation sites (N-methyl/N-ethyl adjacent to an activating group) is 1. The molecule has 0 bridgehead atoms. The van der Waals surface area contributed by atoms with Crippen molar-refractivity contribution in [1.29, 1.82) is 0 Å². The molecule has 29 heavy (non-hydrogen) atoms. The number of hydrogen-bond acceptors (Lipinski definition) is 3. The van der Waals surface area contributed by atoms with Gasteiger partial charge in [-0.15, -0.1) is 0 Å². The lowest BCUT2D eigenvalue weighted by Crippen LogP contribution is -2.39. The van der Waals surface area contributed by atoms with Crippen molar-refractivity contribution in [2.75, 3.05) is 19.0 Å². The molecule has 9 heteroatoms. The van der Waals surface area contributed by atoms with Crippen LogP contribution >= 0.6 is 11.6 Å². The van der Waals surface area contributed by atoms with Crippen LogP contribution in [0.3, 0.4) is 0 Å². The fraction of sp³-hybridized carbons (Fsp3) is 0.200. The maximum Gasteiger partial charge on any atom is 0.322 e. The summed E-state index contributed by atoms with van der Waals surface area (Å²) in [5, 5.41) is 3.29. The number of hydrogen-bond donors (Lipinski definition) is 2. The van der Waals surface area contributed by atoms with Crippen molar-refractivity contribution >= 4 is 34.1 Å². The highest BCUT2D eigenvalue weighted by Crippen LogP contribution is 2.33. The number of benzene rings is 2. The van der Waals surface area contributed by atoms with Crippen LogP contribution in [0, 0.1) is 11.6 Å². The lowest BCUT2D eigenvalue weighted by atomic mass is 9.96. The summed E-state index contributed by atoms with van der Waals surface area (Å²) < 4.78 is 32.8. The van der Waals surface area contributed by atoms with Crippen molar-refractivity contribution in [2.45, 2.75) is 12.6 Å². The second-order valence-corrected chi connectivity index (χ2v) is 7.14. The number of aromatic nitrogens is 1. The van der Waals surface area contributed by atoms with E-state index < -0.39 is 23.7 Å². The highest BCUT2D eigenvalue weighted by Gasteiger charge is 2.30. The molecule has 0 fully saturated rings. The van der Waals surface area contributed by atoms with E-state index in [1.807, 2.05) is 0 Å². The molecule has 1 aliphatic heterocycles. The number of fused-ring (bicyclic) bond motifs is 3. The predicted molar refractivity (Wildman–Crippen MR) is 105 cm³/mol. The SMILES string of the molecule is CN(C(=O)Nc1ccc(F)c(Cl)c1)[C@@H]1COCc2[nH]c(=O)c3ccc(F)cc3c21. The van der Waals surface area contributed by atoms with E-state index in [2.05, 4.69) is 10.3 Å². The molecule has 1 aliphatic rings. The van der Waals surface area contributed by atoms with Gasteiger partial charge >= 0.3 is 6.03 Å². The Morgan fingerprint density at radius 2 is 2.03 bits per heavy atom. The van der Waals surface area contributed by atoms with E-state index in [1.54, 1.807) is 7.05 Å². The van der Waals surface area contributed by atoms with Gasteiger partial charge in [-0.25, -0.2) is 13.6 Å². The smallest absolute Gasteiger partial charge is 0.322 e. The number of carbonyl (C=O) groups is 1. The van der Waals surface area contributed by atoms with Gasteiger partial charge in [-0.3, -0.25) is 4.79 Å². The Kier molecular flexibility index (Phi) is 4.97. The second kappa shape index (κ2) is 7.46. The zero-order chi connectivity index (χ0) is 20.7. The predicted octanol–water partition coefficient (Wildman–Crippen LogP) is 4.19. The average Bonchev–Trinajstić information content (AvgIpc) is 2.69. The van der Waals surface area contributed by atoms with Gasteiger partial charge in [0.1, 0.15) is 11.6 Å². The van der Waals surface area contributed by atoms with Crippen LogP contribution in [0.15, 0.2) is 41.2 Å². The molecule has 0 spiro atoms. The lowest BCUT2D eigenvalue weighted by molar-refractivity contribution is 0.0527. The highest BCUT2D eigenvalue weighted by atomic mass is 35.5. The Morgan fingerprint density at radius 3 is 2.79 bits per heavy atom. The number of amides is 2. The molecule has 0 unspecified atom stereocenters. The van der Waals surface area contributed by atoms with E-state index in [9.17, 15) is 18.4 Å². The summed E-state index contributed by atoms with van der Waals surface area (Å²) in [4.78, 5) is 29.2. The summed E-state index contributed by atoms with van der Waals surface area (Å²) in [6.45, 7) is 0.315. The molecule has 3 aromatic rings. The normalized spacial score (nSPS) is 15.8. The summed E-state index contributed by atoms with van der Waals surface area (Å²) >= 11 is 5.76.